The highest BCUT2D eigenvalue weighted by Crippen LogP contribution is 2.30. The van der Waals surface area contributed by atoms with Gasteiger partial charge >= 0.3 is 0 Å². The van der Waals surface area contributed by atoms with Crippen molar-refractivity contribution in [3.63, 3.8) is 0 Å². The maximum absolute atomic E-state index is 8.96. The van der Waals surface area contributed by atoms with Crippen LogP contribution < -0.4 is 4.90 Å². The van der Waals surface area contributed by atoms with Gasteiger partial charge in [-0.05, 0) is 18.2 Å². The van der Waals surface area contributed by atoms with Gasteiger partial charge in [-0.2, -0.15) is 5.26 Å². The summed E-state index contributed by atoms with van der Waals surface area (Å²) in [7, 11) is 0. The van der Waals surface area contributed by atoms with Gasteiger partial charge in [0.15, 0.2) is 0 Å². The van der Waals surface area contributed by atoms with E-state index in [1.54, 1.807) is 0 Å². The van der Waals surface area contributed by atoms with Gasteiger partial charge in [0.05, 0.1) is 11.3 Å². The fourth-order valence-electron chi connectivity index (χ4n) is 1.74. The second-order valence-corrected chi connectivity index (χ2v) is 4.64. The molecule has 1 N–H and O–H groups in total. The Morgan fingerprint density at radius 2 is 2.27 bits per heavy atom. The van der Waals surface area contributed by atoms with Gasteiger partial charge in [0.2, 0.25) is 0 Å². The predicted molar refractivity (Wildman–Crippen MR) is 61.6 cm³/mol. The summed E-state index contributed by atoms with van der Waals surface area (Å²) in [6, 6.07) is 7.81. The Kier molecular flexibility index (Phi) is 2.94. The Balaban J connectivity index is 2.21. The number of nitriles is 1. The second kappa shape index (κ2) is 4.21. The number of halogens is 1. The average Bonchev–Trinajstić information content (AvgIpc) is 2.16. The van der Waals surface area contributed by atoms with E-state index in [9.17, 15) is 0 Å². The van der Waals surface area contributed by atoms with E-state index in [0.717, 1.165) is 23.2 Å². The molecule has 4 heteroatoms. The first-order valence-corrected chi connectivity index (χ1v) is 5.59. The number of aliphatic hydroxyl groups is 1. The molecule has 1 aromatic rings. The van der Waals surface area contributed by atoms with Crippen molar-refractivity contribution in [3.8, 4) is 6.07 Å². The molecule has 1 aromatic carbocycles. The third kappa shape index (κ3) is 1.99. The molecular formula is C11H11BrN2O. The van der Waals surface area contributed by atoms with Gasteiger partial charge < -0.3 is 10.0 Å². The zero-order valence-corrected chi connectivity index (χ0v) is 9.74. The van der Waals surface area contributed by atoms with Gasteiger partial charge in [-0.25, -0.2) is 0 Å². The van der Waals surface area contributed by atoms with E-state index in [4.69, 9.17) is 10.4 Å². The van der Waals surface area contributed by atoms with E-state index in [1.807, 2.05) is 18.2 Å². The molecule has 1 aliphatic heterocycles. The summed E-state index contributed by atoms with van der Waals surface area (Å²) in [6.45, 7) is 1.90. The predicted octanol–water partition coefficient (Wildman–Crippen LogP) is 1.75. The summed E-state index contributed by atoms with van der Waals surface area (Å²) in [5, 5.41) is 17.9. The molecule has 0 atom stereocenters. The Bertz CT molecular complexity index is 408. The lowest BCUT2D eigenvalue weighted by Gasteiger charge is -2.40. The van der Waals surface area contributed by atoms with Crippen molar-refractivity contribution in [3.05, 3.63) is 28.2 Å². The number of anilines is 1. The fourth-order valence-corrected chi connectivity index (χ4v) is 2.09. The zero-order valence-electron chi connectivity index (χ0n) is 8.15. The summed E-state index contributed by atoms with van der Waals surface area (Å²) in [5.41, 5.74) is 1.64. The van der Waals surface area contributed by atoms with Crippen molar-refractivity contribution < 1.29 is 5.11 Å². The maximum atomic E-state index is 8.96. The lowest BCUT2D eigenvalue weighted by Crippen LogP contribution is -2.48. The third-order valence-electron chi connectivity index (χ3n) is 2.64. The zero-order chi connectivity index (χ0) is 10.8. The Hall–Kier alpha value is -1.05. The Morgan fingerprint density at radius 1 is 1.53 bits per heavy atom. The van der Waals surface area contributed by atoms with Crippen molar-refractivity contribution in [1.29, 1.82) is 5.26 Å². The highest BCUT2D eigenvalue weighted by atomic mass is 79.9. The first kappa shape index (κ1) is 10.5. The molecular weight excluding hydrogens is 256 g/mol. The van der Waals surface area contributed by atoms with Crippen LogP contribution in [0.4, 0.5) is 5.69 Å². The fraction of sp³-hybridized carbons (Fsp3) is 0.364. The highest BCUT2D eigenvalue weighted by molar-refractivity contribution is 9.10. The lowest BCUT2D eigenvalue weighted by molar-refractivity contribution is 0.200. The summed E-state index contributed by atoms with van der Waals surface area (Å²) in [5.74, 6) is 0.357. The molecule has 0 aromatic heterocycles. The van der Waals surface area contributed by atoms with Gasteiger partial charge in [0.1, 0.15) is 6.07 Å². The van der Waals surface area contributed by atoms with Crippen LogP contribution in [-0.2, 0) is 0 Å². The topological polar surface area (TPSA) is 47.3 Å². The van der Waals surface area contributed by atoms with E-state index in [2.05, 4.69) is 26.9 Å². The first-order valence-electron chi connectivity index (χ1n) is 4.80. The van der Waals surface area contributed by atoms with Gasteiger partial charge in [-0.3, -0.25) is 0 Å². The Labute approximate surface area is 97.1 Å². The van der Waals surface area contributed by atoms with E-state index in [0.29, 0.717) is 11.5 Å². The standard InChI is InChI=1S/C11H11BrN2O/c12-10-2-1-9(4-13)11(3-10)14-5-8(6-14)7-15/h1-3,8,15H,5-7H2. The van der Waals surface area contributed by atoms with Crippen LogP contribution in [0.25, 0.3) is 0 Å². The number of aliphatic hydroxyl groups excluding tert-OH is 1. The quantitative estimate of drug-likeness (QED) is 0.888. The van der Waals surface area contributed by atoms with Gasteiger partial charge in [-0.15, -0.1) is 0 Å². The molecule has 78 valence electrons. The molecule has 0 aliphatic carbocycles. The van der Waals surface area contributed by atoms with Crippen molar-refractivity contribution >= 4 is 21.6 Å². The smallest absolute Gasteiger partial charge is 0.101 e. The van der Waals surface area contributed by atoms with Crippen LogP contribution in [0.15, 0.2) is 22.7 Å². The molecule has 0 spiro atoms. The third-order valence-corrected chi connectivity index (χ3v) is 3.13. The molecule has 3 nitrogen and oxygen atoms in total. The second-order valence-electron chi connectivity index (χ2n) is 3.73. The van der Waals surface area contributed by atoms with Crippen LogP contribution in [-0.4, -0.2) is 24.8 Å². The van der Waals surface area contributed by atoms with Gasteiger partial charge in [0.25, 0.3) is 0 Å². The molecule has 15 heavy (non-hydrogen) atoms. The average molecular weight is 267 g/mol. The van der Waals surface area contributed by atoms with Crippen LogP contribution in [0.2, 0.25) is 0 Å². The van der Waals surface area contributed by atoms with E-state index >= 15 is 0 Å². The molecule has 1 heterocycles. The summed E-state index contributed by atoms with van der Waals surface area (Å²) in [4.78, 5) is 2.12. The normalized spacial score (nSPS) is 15.9. The van der Waals surface area contributed by atoms with Crippen LogP contribution in [0, 0.1) is 17.2 Å². The molecule has 0 saturated carbocycles. The molecule has 0 bridgehead atoms. The van der Waals surface area contributed by atoms with Crippen LogP contribution >= 0.6 is 15.9 Å². The SMILES string of the molecule is N#Cc1ccc(Br)cc1N1CC(CO)C1. The van der Waals surface area contributed by atoms with Crippen molar-refractivity contribution in [2.75, 3.05) is 24.6 Å². The number of hydrogen-bond acceptors (Lipinski definition) is 3. The minimum atomic E-state index is 0.229. The molecule has 0 radical (unpaired) electrons. The Morgan fingerprint density at radius 3 is 2.87 bits per heavy atom. The van der Waals surface area contributed by atoms with Crippen LogP contribution in [0.1, 0.15) is 5.56 Å². The number of benzene rings is 1. The van der Waals surface area contributed by atoms with Gasteiger partial charge in [0, 0.05) is 30.1 Å². The number of rotatable bonds is 2. The molecule has 0 amide bonds. The van der Waals surface area contributed by atoms with Crippen molar-refractivity contribution in [2.24, 2.45) is 5.92 Å². The summed E-state index contributed by atoms with van der Waals surface area (Å²) < 4.78 is 0.976. The molecule has 1 aliphatic rings. The van der Waals surface area contributed by atoms with Gasteiger partial charge in [-0.1, -0.05) is 15.9 Å². The monoisotopic (exact) mass is 266 g/mol. The van der Waals surface area contributed by atoms with Crippen molar-refractivity contribution in [1.82, 2.24) is 0 Å². The molecule has 1 saturated heterocycles. The van der Waals surface area contributed by atoms with Crippen LogP contribution in [0.5, 0.6) is 0 Å². The number of hydrogen-bond donors (Lipinski definition) is 1. The molecule has 2 rings (SSSR count). The largest absolute Gasteiger partial charge is 0.396 e. The highest BCUT2D eigenvalue weighted by Gasteiger charge is 2.27. The molecule has 0 unspecified atom stereocenters. The van der Waals surface area contributed by atoms with E-state index in [-0.39, 0.29) is 6.61 Å². The summed E-state index contributed by atoms with van der Waals surface area (Å²) in [6.07, 6.45) is 0. The summed E-state index contributed by atoms with van der Waals surface area (Å²) >= 11 is 3.39. The van der Waals surface area contributed by atoms with E-state index in [1.165, 1.54) is 0 Å². The minimum Gasteiger partial charge on any atom is -0.396 e. The number of nitrogens with zero attached hydrogens (tertiary/aromatic N) is 2. The van der Waals surface area contributed by atoms with E-state index < -0.39 is 0 Å². The first-order chi connectivity index (χ1) is 7.24. The van der Waals surface area contributed by atoms with Crippen molar-refractivity contribution in [2.45, 2.75) is 0 Å². The minimum absolute atomic E-state index is 0.229. The van der Waals surface area contributed by atoms with Crippen LogP contribution in [0.3, 0.4) is 0 Å². The lowest BCUT2D eigenvalue weighted by atomic mass is 9.99. The maximum Gasteiger partial charge on any atom is 0.101 e. The molecule has 1 fully saturated rings.